The van der Waals surface area contributed by atoms with Gasteiger partial charge in [-0.15, -0.1) is 5.10 Å². The van der Waals surface area contributed by atoms with Crippen molar-refractivity contribution < 1.29 is 4.79 Å². The highest BCUT2D eigenvalue weighted by Gasteiger charge is 2.19. The first kappa shape index (κ1) is 17.9. The molecule has 0 bridgehead atoms. The predicted octanol–water partition coefficient (Wildman–Crippen LogP) is 3.98. The Bertz CT molecular complexity index is 1130. The van der Waals surface area contributed by atoms with Gasteiger partial charge < -0.3 is 5.32 Å². The van der Waals surface area contributed by atoms with E-state index < -0.39 is 0 Å². The van der Waals surface area contributed by atoms with Crippen molar-refractivity contribution in [2.24, 2.45) is 0 Å². The number of anilines is 1. The molecule has 0 unspecified atom stereocenters. The lowest BCUT2D eigenvalue weighted by molar-refractivity contribution is 0.102. The summed E-state index contributed by atoms with van der Waals surface area (Å²) >= 11 is 6.12. The third kappa shape index (κ3) is 3.39. The molecule has 0 aliphatic heterocycles. The number of nitrogens with zero attached hydrogens (tertiary/aromatic N) is 5. The largest absolute Gasteiger partial charge is 0.319 e. The van der Waals surface area contributed by atoms with Crippen LogP contribution in [0.4, 0.5) is 5.69 Å². The number of aryl methyl sites for hydroxylation is 1. The molecule has 2 aromatic carbocycles. The van der Waals surface area contributed by atoms with E-state index in [0.717, 1.165) is 11.3 Å². The minimum atomic E-state index is -0.369. The van der Waals surface area contributed by atoms with E-state index in [1.165, 1.54) is 0 Å². The van der Waals surface area contributed by atoms with Crippen LogP contribution in [0.3, 0.4) is 0 Å². The average Bonchev–Trinajstić information content (AvgIpc) is 3.33. The van der Waals surface area contributed by atoms with Gasteiger partial charge in [0.1, 0.15) is 0 Å². The molecular formula is C20H17ClN6O. The van der Waals surface area contributed by atoms with Gasteiger partial charge in [0.05, 0.1) is 22.8 Å². The molecule has 1 N–H and O–H groups in total. The number of benzene rings is 2. The van der Waals surface area contributed by atoms with Crippen LogP contribution < -0.4 is 5.32 Å². The van der Waals surface area contributed by atoms with Gasteiger partial charge in [-0.25, -0.2) is 9.36 Å². The molecule has 140 valence electrons. The highest BCUT2D eigenvalue weighted by atomic mass is 35.5. The highest BCUT2D eigenvalue weighted by molar-refractivity contribution is 6.31. The molecule has 8 heteroatoms. The number of carbonyl (C=O) groups excluding carboxylic acids is 1. The molecular weight excluding hydrogens is 376 g/mol. The number of hydrogen-bond donors (Lipinski definition) is 1. The molecule has 2 heterocycles. The Kier molecular flexibility index (Phi) is 4.67. The van der Waals surface area contributed by atoms with Crippen molar-refractivity contribution in [1.29, 1.82) is 0 Å². The Balaban J connectivity index is 1.65. The second-order valence-electron chi connectivity index (χ2n) is 6.34. The van der Waals surface area contributed by atoms with E-state index in [4.69, 9.17) is 11.6 Å². The SMILES string of the molecule is Cc1ccc(-n2nnc(C(=O)Nc3cc(Cl)ccc3-n3cccn3)c2C)cc1. The van der Waals surface area contributed by atoms with Crippen LogP contribution in [0.1, 0.15) is 21.7 Å². The van der Waals surface area contributed by atoms with Gasteiger partial charge in [-0.2, -0.15) is 5.10 Å². The van der Waals surface area contributed by atoms with Crippen LogP contribution in [0.25, 0.3) is 11.4 Å². The van der Waals surface area contributed by atoms with Gasteiger partial charge >= 0.3 is 0 Å². The summed E-state index contributed by atoms with van der Waals surface area (Å²) in [6, 6.07) is 14.9. The van der Waals surface area contributed by atoms with E-state index in [2.05, 4.69) is 20.7 Å². The number of hydrogen-bond acceptors (Lipinski definition) is 4. The monoisotopic (exact) mass is 392 g/mol. The van der Waals surface area contributed by atoms with Crippen LogP contribution in [0.15, 0.2) is 60.9 Å². The Morgan fingerprint density at radius 1 is 1.11 bits per heavy atom. The van der Waals surface area contributed by atoms with Gasteiger partial charge in [-0.1, -0.05) is 34.5 Å². The topological polar surface area (TPSA) is 77.6 Å². The Hall–Kier alpha value is -3.45. The fraction of sp³-hybridized carbons (Fsp3) is 0.100. The van der Waals surface area contributed by atoms with Crippen molar-refractivity contribution >= 4 is 23.2 Å². The third-order valence-electron chi connectivity index (χ3n) is 4.35. The van der Waals surface area contributed by atoms with Gasteiger partial charge in [0.2, 0.25) is 0 Å². The zero-order chi connectivity index (χ0) is 19.7. The van der Waals surface area contributed by atoms with Crippen LogP contribution in [-0.4, -0.2) is 30.7 Å². The molecule has 0 saturated heterocycles. The minimum absolute atomic E-state index is 0.243. The van der Waals surface area contributed by atoms with Crippen LogP contribution in [0.2, 0.25) is 5.02 Å². The van der Waals surface area contributed by atoms with Gasteiger partial charge in [0.25, 0.3) is 5.91 Å². The Morgan fingerprint density at radius 3 is 2.61 bits per heavy atom. The minimum Gasteiger partial charge on any atom is -0.319 e. The maximum atomic E-state index is 12.9. The molecule has 28 heavy (non-hydrogen) atoms. The van der Waals surface area contributed by atoms with Crippen LogP contribution in [0, 0.1) is 13.8 Å². The number of amides is 1. The van der Waals surface area contributed by atoms with Gasteiger partial charge in [0, 0.05) is 17.4 Å². The molecule has 0 radical (unpaired) electrons. The molecule has 0 spiro atoms. The fourth-order valence-electron chi connectivity index (χ4n) is 2.87. The highest BCUT2D eigenvalue weighted by Crippen LogP contribution is 2.25. The standard InChI is InChI=1S/C20H17ClN6O/c1-13-4-7-16(8-5-13)27-14(2)19(24-25-27)20(28)23-17-12-15(21)6-9-18(17)26-11-3-10-22-26/h3-12H,1-2H3,(H,23,28). The molecule has 1 amide bonds. The number of aromatic nitrogens is 5. The molecule has 0 aliphatic carbocycles. The van der Waals surface area contributed by atoms with Gasteiger partial charge in [0.15, 0.2) is 5.69 Å². The van der Waals surface area contributed by atoms with E-state index in [0.29, 0.717) is 22.1 Å². The summed E-state index contributed by atoms with van der Waals surface area (Å²) in [6.45, 7) is 3.82. The van der Waals surface area contributed by atoms with Crippen molar-refractivity contribution in [3.8, 4) is 11.4 Å². The van der Waals surface area contributed by atoms with E-state index in [1.54, 1.807) is 52.9 Å². The molecule has 0 fully saturated rings. The molecule has 0 saturated carbocycles. The van der Waals surface area contributed by atoms with Crippen molar-refractivity contribution in [3.63, 3.8) is 0 Å². The van der Waals surface area contributed by atoms with Crippen molar-refractivity contribution in [2.45, 2.75) is 13.8 Å². The van der Waals surface area contributed by atoms with Crippen molar-refractivity contribution in [2.75, 3.05) is 5.32 Å². The van der Waals surface area contributed by atoms with Crippen LogP contribution in [0.5, 0.6) is 0 Å². The first-order valence-electron chi connectivity index (χ1n) is 8.63. The maximum absolute atomic E-state index is 12.9. The normalized spacial score (nSPS) is 10.8. The van der Waals surface area contributed by atoms with E-state index >= 15 is 0 Å². The third-order valence-corrected chi connectivity index (χ3v) is 4.58. The number of rotatable bonds is 4. The Labute approximate surface area is 166 Å². The molecule has 0 atom stereocenters. The van der Waals surface area contributed by atoms with Crippen LogP contribution in [-0.2, 0) is 0 Å². The first-order chi connectivity index (χ1) is 13.5. The summed E-state index contributed by atoms with van der Waals surface area (Å²) in [7, 11) is 0. The van der Waals surface area contributed by atoms with Gasteiger partial charge in [-0.3, -0.25) is 4.79 Å². The summed E-state index contributed by atoms with van der Waals surface area (Å²) in [5.74, 6) is -0.369. The van der Waals surface area contributed by atoms with E-state index in [1.807, 2.05) is 31.2 Å². The summed E-state index contributed by atoms with van der Waals surface area (Å²) < 4.78 is 3.29. The molecule has 7 nitrogen and oxygen atoms in total. The van der Waals surface area contributed by atoms with E-state index in [9.17, 15) is 4.79 Å². The maximum Gasteiger partial charge on any atom is 0.278 e. The molecule has 0 aliphatic rings. The summed E-state index contributed by atoms with van der Waals surface area (Å²) in [4.78, 5) is 12.9. The zero-order valence-electron chi connectivity index (χ0n) is 15.3. The van der Waals surface area contributed by atoms with Crippen molar-refractivity contribution in [1.82, 2.24) is 24.8 Å². The quantitative estimate of drug-likeness (QED) is 0.570. The summed E-state index contributed by atoms with van der Waals surface area (Å²) in [6.07, 6.45) is 3.45. The second kappa shape index (κ2) is 7.28. The lowest BCUT2D eigenvalue weighted by Gasteiger charge is -2.11. The second-order valence-corrected chi connectivity index (χ2v) is 6.77. The Morgan fingerprint density at radius 2 is 1.89 bits per heavy atom. The molecule has 2 aromatic heterocycles. The van der Waals surface area contributed by atoms with Crippen LogP contribution >= 0.6 is 11.6 Å². The van der Waals surface area contributed by atoms with E-state index in [-0.39, 0.29) is 11.6 Å². The van der Waals surface area contributed by atoms with Crippen molar-refractivity contribution in [3.05, 3.63) is 82.9 Å². The number of nitrogens with one attached hydrogen (secondary N) is 1. The lowest BCUT2D eigenvalue weighted by Crippen LogP contribution is -2.16. The average molecular weight is 393 g/mol. The van der Waals surface area contributed by atoms with Gasteiger partial charge in [-0.05, 0) is 50.2 Å². The smallest absolute Gasteiger partial charge is 0.278 e. The lowest BCUT2D eigenvalue weighted by atomic mass is 10.2. The molecule has 4 rings (SSSR count). The zero-order valence-corrected chi connectivity index (χ0v) is 16.1. The summed E-state index contributed by atoms with van der Waals surface area (Å²) in [5.41, 5.74) is 4.11. The fourth-order valence-corrected chi connectivity index (χ4v) is 3.04. The number of halogens is 1. The first-order valence-corrected chi connectivity index (χ1v) is 9.01. The molecule has 4 aromatic rings. The number of carbonyl (C=O) groups is 1. The predicted molar refractivity (Wildman–Crippen MR) is 107 cm³/mol. The summed E-state index contributed by atoms with van der Waals surface area (Å²) in [5, 5.41) is 15.8.